The summed E-state index contributed by atoms with van der Waals surface area (Å²) in [6.07, 6.45) is 0.265. The van der Waals surface area contributed by atoms with E-state index in [-0.39, 0.29) is 30.1 Å². The fourth-order valence-corrected chi connectivity index (χ4v) is 3.32. The van der Waals surface area contributed by atoms with Crippen LogP contribution in [0.3, 0.4) is 0 Å². The molecule has 2 amide bonds. The molecule has 2 aromatic carbocycles. The number of nitrogens with one attached hydrogen (secondary N) is 1. The van der Waals surface area contributed by atoms with Gasteiger partial charge in [0.1, 0.15) is 0 Å². The standard InChI is InChI=1S/C20H21BrN2O2/c1-14(15-5-3-2-4-6-15)12-22-20(25)16-11-19(24)23(13-16)18-9-7-17(21)8-10-18/h2-10,14,16H,11-13H2,1H3,(H,22,25)/t14-,16-/m0/s1. The molecule has 2 atom stereocenters. The number of hydrogen-bond donors (Lipinski definition) is 1. The summed E-state index contributed by atoms with van der Waals surface area (Å²) in [5.74, 6) is -0.0988. The molecule has 0 spiro atoms. The molecular formula is C20H21BrN2O2. The van der Waals surface area contributed by atoms with Crippen molar-refractivity contribution >= 4 is 33.4 Å². The van der Waals surface area contributed by atoms with Gasteiger partial charge in [-0.1, -0.05) is 53.2 Å². The highest BCUT2D eigenvalue weighted by atomic mass is 79.9. The average Bonchev–Trinajstić information content (AvgIpc) is 3.02. The first-order valence-corrected chi connectivity index (χ1v) is 9.22. The van der Waals surface area contributed by atoms with E-state index < -0.39 is 0 Å². The van der Waals surface area contributed by atoms with Gasteiger partial charge in [0.2, 0.25) is 11.8 Å². The monoisotopic (exact) mass is 400 g/mol. The Kier molecular flexibility index (Phi) is 5.53. The van der Waals surface area contributed by atoms with Crippen molar-refractivity contribution in [3.8, 4) is 0 Å². The van der Waals surface area contributed by atoms with E-state index >= 15 is 0 Å². The second-order valence-corrected chi connectivity index (χ2v) is 7.35. The number of halogens is 1. The van der Waals surface area contributed by atoms with E-state index in [9.17, 15) is 9.59 Å². The Morgan fingerprint density at radius 1 is 1.20 bits per heavy atom. The third kappa shape index (κ3) is 4.28. The van der Waals surface area contributed by atoms with Crippen LogP contribution in [-0.4, -0.2) is 24.9 Å². The van der Waals surface area contributed by atoms with Gasteiger partial charge in [0.05, 0.1) is 5.92 Å². The molecule has 4 nitrogen and oxygen atoms in total. The Bertz CT molecular complexity index is 746. The lowest BCUT2D eigenvalue weighted by atomic mass is 10.0. The molecule has 1 saturated heterocycles. The molecule has 0 bridgehead atoms. The summed E-state index contributed by atoms with van der Waals surface area (Å²) >= 11 is 3.39. The summed E-state index contributed by atoms with van der Waals surface area (Å²) in [7, 11) is 0. The van der Waals surface area contributed by atoms with E-state index in [0.717, 1.165) is 10.2 Å². The molecule has 0 saturated carbocycles. The number of benzene rings is 2. The van der Waals surface area contributed by atoms with Crippen LogP contribution < -0.4 is 10.2 Å². The zero-order valence-corrected chi connectivity index (χ0v) is 15.7. The van der Waals surface area contributed by atoms with Crippen molar-refractivity contribution in [2.24, 2.45) is 5.92 Å². The van der Waals surface area contributed by atoms with Crippen LogP contribution in [0.4, 0.5) is 5.69 Å². The van der Waals surface area contributed by atoms with Crippen LogP contribution in [0.25, 0.3) is 0 Å². The predicted molar refractivity (Wildman–Crippen MR) is 102 cm³/mol. The highest BCUT2D eigenvalue weighted by Gasteiger charge is 2.35. The maximum absolute atomic E-state index is 12.5. The van der Waals surface area contributed by atoms with E-state index in [0.29, 0.717) is 13.1 Å². The number of hydrogen-bond acceptors (Lipinski definition) is 2. The molecule has 1 N–H and O–H groups in total. The van der Waals surface area contributed by atoms with Crippen molar-refractivity contribution < 1.29 is 9.59 Å². The lowest BCUT2D eigenvalue weighted by Crippen LogP contribution is -2.35. The minimum atomic E-state index is -0.292. The van der Waals surface area contributed by atoms with Crippen LogP contribution in [0, 0.1) is 5.92 Å². The Labute approximate surface area is 156 Å². The summed E-state index contributed by atoms with van der Waals surface area (Å²) in [5.41, 5.74) is 2.03. The molecule has 2 aromatic rings. The van der Waals surface area contributed by atoms with E-state index in [1.807, 2.05) is 42.5 Å². The first kappa shape index (κ1) is 17.7. The van der Waals surface area contributed by atoms with Crippen molar-refractivity contribution in [2.75, 3.05) is 18.0 Å². The Balaban J connectivity index is 1.56. The number of amides is 2. The molecule has 0 aromatic heterocycles. The Morgan fingerprint density at radius 3 is 2.56 bits per heavy atom. The topological polar surface area (TPSA) is 49.4 Å². The smallest absolute Gasteiger partial charge is 0.227 e. The Morgan fingerprint density at radius 2 is 1.88 bits per heavy atom. The highest BCUT2D eigenvalue weighted by Crippen LogP contribution is 2.26. The predicted octanol–water partition coefficient (Wildman–Crippen LogP) is 3.72. The quantitative estimate of drug-likeness (QED) is 0.830. The molecular weight excluding hydrogens is 380 g/mol. The number of carbonyl (C=O) groups is 2. The van der Waals surface area contributed by atoms with E-state index in [1.165, 1.54) is 5.56 Å². The van der Waals surface area contributed by atoms with Gasteiger partial charge in [-0.3, -0.25) is 9.59 Å². The van der Waals surface area contributed by atoms with Gasteiger partial charge in [0.25, 0.3) is 0 Å². The zero-order valence-electron chi connectivity index (χ0n) is 14.1. The first-order valence-electron chi connectivity index (χ1n) is 8.43. The zero-order chi connectivity index (χ0) is 17.8. The fourth-order valence-electron chi connectivity index (χ4n) is 3.05. The highest BCUT2D eigenvalue weighted by molar-refractivity contribution is 9.10. The van der Waals surface area contributed by atoms with Crippen LogP contribution in [0.15, 0.2) is 59.1 Å². The van der Waals surface area contributed by atoms with Crippen molar-refractivity contribution in [1.82, 2.24) is 5.32 Å². The van der Waals surface area contributed by atoms with Crippen LogP contribution >= 0.6 is 15.9 Å². The molecule has 1 aliphatic heterocycles. The van der Waals surface area contributed by atoms with Gasteiger partial charge in [-0.05, 0) is 35.7 Å². The van der Waals surface area contributed by atoms with Crippen LogP contribution in [0.5, 0.6) is 0 Å². The third-order valence-corrected chi connectivity index (χ3v) is 5.11. The van der Waals surface area contributed by atoms with Gasteiger partial charge in [0, 0.05) is 29.7 Å². The molecule has 1 aliphatic rings. The lowest BCUT2D eigenvalue weighted by Gasteiger charge is -2.18. The molecule has 1 heterocycles. The summed E-state index contributed by atoms with van der Waals surface area (Å²) in [5, 5.41) is 3.00. The van der Waals surface area contributed by atoms with E-state index in [1.54, 1.807) is 4.90 Å². The van der Waals surface area contributed by atoms with Crippen LogP contribution in [-0.2, 0) is 9.59 Å². The molecule has 130 valence electrons. The second kappa shape index (κ2) is 7.83. The molecule has 0 unspecified atom stereocenters. The van der Waals surface area contributed by atoms with Crippen molar-refractivity contribution in [1.29, 1.82) is 0 Å². The molecule has 25 heavy (non-hydrogen) atoms. The van der Waals surface area contributed by atoms with Gasteiger partial charge in [-0.25, -0.2) is 0 Å². The third-order valence-electron chi connectivity index (χ3n) is 4.59. The number of rotatable bonds is 5. The largest absolute Gasteiger partial charge is 0.355 e. The summed E-state index contributed by atoms with van der Waals surface area (Å²) in [4.78, 5) is 26.4. The van der Waals surface area contributed by atoms with Gasteiger partial charge in [-0.2, -0.15) is 0 Å². The van der Waals surface area contributed by atoms with Gasteiger partial charge in [-0.15, -0.1) is 0 Å². The summed E-state index contributed by atoms with van der Waals surface area (Å²) in [6.45, 7) is 3.10. The maximum Gasteiger partial charge on any atom is 0.227 e. The van der Waals surface area contributed by atoms with Gasteiger partial charge in [0.15, 0.2) is 0 Å². The van der Waals surface area contributed by atoms with E-state index in [2.05, 4.69) is 40.3 Å². The molecule has 0 radical (unpaired) electrons. The minimum absolute atomic E-state index is 0.00131. The second-order valence-electron chi connectivity index (χ2n) is 6.44. The SMILES string of the molecule is C[C@@H](CNC(=O)[C@H]1CC(=O)N(c2ccc(Br)cc2)C1)c1ccccc1. The van der Waals surface area contributed by atoms with Crippen molar-refractivity contribution in [3.63, 3.8) is 0 Å². The fraction of sp³-hybridized carbons (Fsp3) is 0.300. The van der Waals surface area contributed by atoms with Crippen LogP contribution in [0.2, 0.25) is 0 Å². The van der Waals surface area contributed by atoms with Gasteiger partial charge >= 0.3 is 0 Å². The number of nitrogens with zero attached hydrogens (tertiary/aromatic N) is 1. The first-order chi connectivity index (χ1) is 12.0. The Hall–Kier alpha value is -2.14. The molecule has 5 heteroatoms. The van der Waals surface area contributed by atoms with Crippen molar-refractivity contribution in [3.05, 3.63) is 64.6 Å². The normalized spacial score (nSPS) is 18.2. The maximum atomic E-state index is 12.5. The molecule has 3 rings (SSSR count). The van der Waals surface area contributed by atoms with Crippen LogP contribution in [0.1, 0.15) is 24.8 Å². The van der Waals surface area contributed by atoms with E-state index in [4.69, 9.17) is 0 Å². The molecule has 1 fully saturated rings. The number of anilines is 1. The van der Waals surface area contributed by atoms with Gasteiger partial charge < -0.3 is 10.2 Å². The lowest BCUT2D eigenvalue weighted by molar-refractivity contribution is -0.126. The number of carbonyl (C=O) groups excluding carboxylic acids is 2. The van der Waals surface area contributed by atoms with Crippen molar-refractivity contribution in [2.45, 2.75) is 19.3 Å². The summed E-state index contributed by atoms with van der Waals surface area (Å²) < 4.78 is 0.965. The summed E-state index contributed by atoms with van der Waals surface area (Å²) in [6, 6.07) is 17.7. The average molecular weight is 401 g/mol. The minimum Gasteiger partial charge on any atom is -0.355 e. The molecule has 0 aliphatic carbocycles.